The van der Waals surface area contributed by atoms with Gasteiger partial charge < -0.3 is 9.47 Å². The molecular formula is C35H24BNO2Si. The molecule has 1 aromatic heterocycles. The molecule has 3 heterocycles. The summed E-state index contributed by atoms with van der Waals surface area (Å²) in [6.07, 6.45) is 0. The number of rotatable bonds is 4. The summed E-state index contributed by atoms with van der Waals surface area (Å²) >= 11 is 0. The SMILES string of the molecule is c1ccc([Si](c2ccccc2)(c2ccccc2)c2cc3c4c(n2)Oc2ccccc2B4c2ccccc2O3)cc1. The number of nitrogens with zero attached hydrogens (tertiary/aromatic N) is 1. The zero-order valence-electron chi connectivity index (χ0n) is 21.7. The Labute approximate surface area is 234 Å². The monoisotopic (exact) mass is 529 g/mol. The summed E-state index contributed by atoms with van der Waals surface area (Å²) in [6, 6.07) is 51.3. The third-order valence-corrected chi connectivity index (χ3v) is 12.8. The van der Waals surface area contributed by atoms with Crippen molar-refractivity contribution < 1.29 is 9.47 Å². The quantitative estimate of drug-likeness (QED) is 0.259. The zero-order chi connectivity index (χ0) is 26.5. The van der Waals surface area contributed by atoms with E-state index in [0.717, 1.165) is 39.0 Å². The standard InChI is InChI=1S/C35H24BNO2Si/c1-4-14-25(15-5-1)40(26-16-6-2-7-17-26,27-18-8-3-9-19-27)33-24-32-34-35(37-33)39-31-23-13-11-21-29(31)36(34)28-20-10-12-22-30(28)38-32/h1-24H. The first kappa shape index (κ1) is 23.1. The van der Waals surface area contributed by atoms with Crippen LogP contribution in [0.25, 0.3) is 0 Å². The zero-order valence-corrected chi connectivity index (χ0v) is 22.7. The number of benzene rings is 5. The molecule has 6 aromatic rings. The smallest absolute Gasteiger partial charge is 0.262 e. The predicted octanol–water partition coefficient (Wildman–Crippen LogP) is 3.19. The number of para-hydroxylation sites is 2. The van der Waals surface area contributed by atoms with E-state index in [-0.39, 0.29) is 6.71 Å². The van der Waals surface area contributed by atoms with Crippen molar-refractivity contribution in [3.05, 3.63) is 146 Å². The Bertz CT molecular complexity index is 1690. The van der Waals surface area contributed by atoms with Gasteiger partial charge in [-0.1, -0.05) is 127 Å². The van der Waals surface area contributed by atoms with E-state index in [1.165, 1.54) is 15.6 Å². The van der Waals surface area contributed by atoms with Gasteiger partial charge in [0.05, 0.1) is 0 Å². The molecule has 0 saturated carbocycles. The van der Waals surface area contributed by atoms with Crippen LogP contribution >= 0.6 is 0 Å². The van der Waals surface area contributed by atoms with Crippen LogP contribution in [0.15, 0.2) is 146 Å². The summed E-state index contributed by atoms with van der Waals surface area (Å²) in [5.74, 6) is 3.17. The molecule has 0 fully saturated rings. The second kappa shape index (κ2) is 9.11. The normalized spacial score (nSPS) is 12.8. The molecule has 8 rings (SSSR count). The van der Waals surface area contributed by atoms with Crippen LogP contribution in [-0.4, -0.2) is 19.8 Å². The Balaban J connectivity index is 1.47. The first-order chi connectivity index (χ1) is 19.8. The van der Waals surface area contributed by atoms with Crippen LogP contribution in [0.5, 0.6) is 23.1 Å². The Morgan fingerprint density at radius 1 is 0.475 bits per heavy atom. The van der Waals surface area contributed by atoms with Crippen LogP contribution in [-0.2, 0) is 0 Å². The van der Waals surface area contributed by atoms with Crippen LogP contribution < -0.4 is 46.7 Å². The molecule has 0 unspecified atom stereocenters. The number of aromatic nitrogens is 1. The third kappa shape index (κ3) is 3.34. The fourth-order valence-corrected chi connectivity index (χ4v) is 11.0. The lowest BCUT2D eigenvalue weighted by Gasteiger charge is -2.36. The molecule has 0 saturated heterocycles. The number of ether oxygens (including phenoxy) is 2. The van der Waals surface area contributed by atoms with Gasteiger partial charge in [0.15, 0.2) is 0 Å². The maximum Gasteiger partial charge on any atom is 0.262 e. The molecule has 2 aliphatic rings. The largest absolute Gasteiger partial charge is 0.458 e. The summed E-state index contributed by atoms with van der Waals surface area (Å²) in [5, 5.41) is 4.77. The van der Waals surface area contributed by atoms with Gasteiger partial charge in [-0.05, 0) is 44.7 Å². The summed E-state index contributed by atoms with van der Waals surface area (Å²) < 4.78 is 13.3. The van der Waals surface area contributed by atoms with Crippen LogP contribution in [0.3, 0.4) is 0 Å². The van der Waals surface area contributed by atoms with Gasteiger partial charge in [-0.25, -0.2) is 4.98 Å². The highest BCUT2D eigenvalue weighted by atomic mass is 28.3. The maximum atomic E-state index is 6.68. The fourth-order valence-electron chi connectivity index (χ4n) is 6.46. The summed E-state index contributed by atoms with van der Waals surface area (Å²) in [5.41, 5.74) is 3.27. The van der Waals surface area contributed by atoms with Gasteiger partial charge in [0.25, 0.3) is 6.71 Å². The van der Waals surface area contributed by atoms with Crippen molar-refractivity contribution in [2.75, 3.05) is 0 Å². The molecule has 0 bridgehead atoms. The minimum Gasteiger partial charge on any atom is -0.458 e. The van der Waals surface area contributed by atoms with Crippen LogP contribution in [0.4, 0.5) is 0 Å². The van der Waals surface area contributed by atoms with Gasteiger partial charge in [0, 0.05) is 10.8 Å². The maximum absolute atomic E-state index is 6.68. The minimum absolute atomic E-state index is 0.00249. The van der Waals surface area contributed by atoms with E-state index in [0.29, 0.717) is 5.88 Å². The number of hydrogen-bond donors (Lipinski definition) is 0. The Hall–Kier alpha value is -4.87. The van der Waals surface area contributed by atoms with Gasteiger partial charge in [-0.15, -0.1) is 0 Å². The van der Waals surface area contributed by atoms with Gasteiger partial charge in [0.1, 0.15) is 17.2 Å². The first-order valence-electron chi connectivity index (χ1n) is 13.6. The Morgan fingerprint density at radius 2 is 0.925 bits per heavy atom. The van der Waals surface area contributed by atoms with Crippen LogP contribution in [0.2, 0.25) is 0 Å². The summed E-state index contributed by atoms with van der Waals surface area (Å²) in [4.78, 5) is 5.44. The molecule has 40 heavy (non-hydrogen) atoms. The highest BCUT2D eigenvalue weighted by molar-refractivity contribution is 7.19. The second-order valence-corrected chi connectivity index (χ2v) is 14.0. The van der Waals surface area contributed by atoms with Crippen molar-refractivity contribution in [3.63, 3.8) is 0 Å². The molecule has 3 nitrogen and oxygen atoms in total. The van der Waals surface area contributed by atoms with Crippen LogP contribution in [0, 0.1) is 0 Å². The van der Waals surface area contributed by atoms with E-state index in [1.807, 2.05) is 18.2 Å². The highest BCUT2D eigenvalue weighted by Crippen LogP contribution is 2.32. The molecule has 5 aromatic carbocycles. The third-order valence-electron chi connectivity index (χ3n) is 8.17. The lowest BCUT2D eigenvalue weighted by molar-refractivity contribution is 0.452. The average molecular weight is 529 g/mol. The highest BCUT2D eigenvalue weighted by Gasteiger charge is 2.47. The van der Waals surface area contributed by atoms with Gasteiger partial charge in [-0.3, -0.25) is 0 Å². The van der Waals surface area contributed by atoms with Crippen molar-refractivity contribution in [1.29, 1.82) is 0 Å². The average Bonchev–Trinajstić information content (AvgIpc) is 3.03. The molecule has 0 atom stereocenters. The predicted molar refractivity (Wildman–Crippen MR) is 166 cm³/mol. The molecule has 0 spiro atoms. The van der Waals surface area contributed by atoms with Crippen molar-refractivity contribution in [2.45, 2.75) is 0 Å². The number of fused-ring (bicyclic) bond motifs is 4. The molecular weight excluding hydrogens is 505 g/mol. The molecule has 0 amide bonds. The van der Waals surface area contributed by atoms with E-state index >= 15 is 0 Å². The van der Waals surface area contributed by atoms with E-state index in [4.69, 9.17) is 14.5 Å². The Morgan fingerprint density at radius 3 is 1.45 bits per heavy atom. The molecule has 0 radical (unpaired) electrons. The van der Waals surface area contributed by atoms with Crippen molar-refractivity contribution in [1.82, 2.24) is 4.98 Å². The van der Waals surface area contributed by atoms with Gasteiger partial charge in [0.2, 0.25) is 14.0 Å². The van der Waals surface area contributed by atoms with Gasteiger partial charge in [-0.2, -0.15) is 0 Å². The Kier molecular flexibility index (Phi) is 5.25. The van der Waals surface area contributed by atoms with E-state index in [9.17, 15) is 0 Å². The first-order valence-corrected chi connectivity index (χ1v) is 15.6. The molecule has 5 heteroatoms. The number of hydrogen-bond acceptors (Lipinski definition) is 3. The van der Waals surface area contributed by atoms with Crippen molar-refractivity contribution >= 4 is 52.1 Å². The lowest BCUT2D eigenvalue weighted by Crippen LogP contribution is -2.75. The van der Waals surface area contributed by atoms with E-state index in [2.05, 4.69) is 127 Å². The van der Waals surface area contributed by atoms with Crippen LogP contribution in [0.1, 0.15) is 0 Å². The molecule has 0 N–H and O–H groups in total. The van der Waals surface area contributed by atoms with E-state index in [1.54, 1.807) is 0 Å². The van der Waals surface area contributed by atoms with Gasteiger partial charge >= 0.3 is 0 Å². The fraction of sp³-hybridized carbons (Fsp3) is 0. The second-order valence-electron chi connectivity index (χ2n) is 10.3. The molecule has 188 valence electrons. The topological polar surface area (TPSA) is 31.4 Å². The van der Waals surface area contributed by atoms with E-state index < -0.39 is 8.07 Å². The van der Waals surface area contributed by atoms with Crippen molar-refractivity contribution in [2.24, 2.45) is 0 Å². The molecule has 0 aliphatic carbocycles. The summed E-state index contributed by atoms with van der Waals surface area (Å²) in [7, 11) is -2.86. The minimum atomic E-state index is -2.86. The summed E-state index contributed by atoms with van der Waals surface area (Å²) in [6.45, 7) is 0.00249. The lowest BCUT2D eigenvalue weighted by atomic mass is 9.35. The van der Waals surface area contributed by atoms with Crippen molar-refractivity contribution in [3.8, 4) is 23.1 Å². The number of pyridine rings is 1. The molecule has 2 aliphatic heterocycles.